The van der Waals surface area contributed by atoms with Crippen molar-refractivity contribution < 1.29 is 18.3 Å². The molecule has 1 N–H and O–H groups in total. The molecule has 8 heteroatoms. The van der Waals surface area contributed by atoms with Gasteiger partial charge in [0.25, 0.3) is 0 Å². The lowest BCUT2D eigenvalue weighted by molar-refractivity contribution is 0.0709. The molecule has 1 aliphatic heterocycles. The summed E-state index contributed by atoms with van der Waals surface area (Å²) in [4.78, 5) is 5.57. The number of hydrogen-bond donors (Lipinski definition) is 1. The average Bonchev–Trinajstić information content (AvgIpc) is 3.15. The fourth-order valence-electron chi connectivity index (χ4n) is 3.25. The highest BCUT2D eigenvalue weighted by molar-refractivity contribution is 7.91. The first-order valence-corrected chi connectivity index (χ1v) is 12.1. The number of sulfone groups is 1. The van der Waals surface area contributed by atoms with Gasteiger partial charge in [-0.1, -0.05) is 18.2 Å². The molecule has 6 nitrogen and oxygen atoms in total. The summed E-state index contributed by atoms with van der Waals surface area (Å²) in [7, 11) is -0.803. The van der Waals surface area contributed by atoms with Crippen molar-refractivity contribution in [3.8, 4) is 5.75 Å². The van der Waals surface area contributed by atoms with Crippen molar-refractivity contribution in [2.24, 2.45) is 0 Å². The Morgan fingerprint density at radius 2 is 2.00 bits per heavy atom. The first kappa shape index (κ1) is 21.3. The van der Waals surface area contributed by atoms with E-state index < -0.39 is 15.9 Å². The summed E-state index contributed by atoms with van der Waals surface area (Å²) < 4.78 is 28.7. The van der Waals surface area contributed by atoms with E-state index in [1.54, 1.807) is 11.3 Å². The molecule has 1 atom stereocenters. The molecule has 0 radical (unpaired) electrons. The van der Waals surface area contributed by atoms with Crippen LogP contribution in [0.15, 0.2) is 41.8 Å². The number of thiophene rings is 1. The van der Waals surface area contributed by atoms with Crippen LogP contribution in [0.2, 0.25) is 0 Å². The van der Waals surface area contributed by atoms with E-state index in [0.717, 1.165) is 24.4 Å². The summed E-state index contributed by atoms with van der Waals surface area (Å²) in [5, 5.41) is 12.3. The Kier molecular flexibility index (Phi) is 7.48. The van der Waals surface area contributed by atoms with Gasteiger partial charge in [0.2, 0.25) is 0 Å². The monoisotopic (exact) mass is 424 g/mol. The largest absolute Gasteiger partial charge is 0.491 e. The Bertz CT molecular complexity index is 826. The lowest BCUT2D eigenvalue weighted by Gasteiger charge is -2.28. The Labute approximate surface area is 171 Å². The van der Waals surface area contributed by atoms with E-state index in [1.165, 1.54) is 4.88 Å². The number of hydrogen-bond acceptors (Lipinski definition) is 7. The molecular formula is C20H28N2O4S2. The fourth-order valence-corrected chi connectivity index (χ4v) is 5.31. The number of β-amino-alcohol motifs (C(OH)–C–C–N with tert-alkyl or cyclic N) is 1. The minimum absolute atomic E-state index is 0.168. The van der Waals surface area contributed by atoms with Crippen LogP contribution >= 0.6 is 11.3 Å². The zero-order chi connectivity index (χ0) is 20.0. The second kappa shape index (κ2) is 9.84. The van der Waals surface area contributed by atoms with Crippen molar-refractivity contribution in [2.45, 2.75) is 19.2 Å². The smallest absolute Gasteiger partial charge is 0.152 e. The van der Waals surface area contributed by atoms with Gasteiger partial charge in [0, 0.05) is 37.6 Å². The zero-order valence-electron chi connectivity index (χ0n) is 16.2. The Balaban J connectivity index is 1.43. The summed E-state index contributed by atoms with van der Waals surface area (Å²) in [6.07, 6.45) is -0.647. The van der Waals surface area contributed by atoms with Crippen LogP contribution in [0.4, 0.5) is 0 Å². The first-order chi connectivity index (χ1) is 13.4. The number of nitrogens with zero attached hydrogens (tertiary/aromatic N) is 2. The predicted molar refractivity (Wildman–Crippen MR) is 113 cm³/mol. The number of rotatable bonds is 9. The van der Waals surface area contributed by atoms with Gasteiger partial charge in [0.15, 0.2) is 9.84 Å². The molecule has 154 valence electrons. The summed E-state index contributed by atoms with van der Waals surface area (Å²) in [5.41, 5.74) is 1.16. The number of ether oxygens (including phenoxy) is 1. The maximum Gasteiger partial charge on any atom is 0.152 e. The van der Waals surface area contributed by atoms with Crippen LogP contribution in [-0.2, 0) is 22.9 Å². The Morgan fingerprint density at radius 1 is 1.21 bits per heavy atom. The van der Waals surface area contributed by atoms with Gasteiger partial charge in [-0.25, -0.2) is 8.42 Å². The van der Waals surface area contributed by atoms with Gasteiger partial charge >= 0.3 is 0 Å². The quantitative estimate of drug-likeness (QED) is 0.663. The van der Waals surface area contributed by atoms with Gasteiger partial charge in [-0.3, -0.25) is 9.80 Å². The van der Waals surface area contributed by atoms with Crippen molar-refractivity contribution in [1.29, 1.82) is 0 Å². The number of aliphatic hydroxyl groups excluding tert-OH is 1. The molecule has 0 bridgehead atoms. The molecule has 0 saturated carbocycles. The molecule has 1 unspecified atom stereocenters. The van der Waals surface area contributed by atoms with E-state index in [1.807, 2.05) is 23.1 Å². The molecule has 1 aromatic heterocycles. The molecule has 0 spiro atoms. The third-order valence-corrected chi connectivity index (χ3v) is 7.18. The van der Waals surface area contributed by atoms with E-state index in [-0.39, 0.29) is 18.1 Å². The van der Waals surface area contributed by atoms with Crippen LogP contribution in [0.5, 0.6) is 5.75 Å². The molecule has 2 heterocycles. The van der Waals surface area contributed by atoms with Crippen LogP contribution in [-0.4, -0.2) is 74.2 Å². The third kappa shape index (κ3) is 6.86. The molecule has 2 aromatic rings. The molecule has 1 saturated heterocycles. The maximum absolute atomic E-state index is 11.5. The molecular weight excluding hydrogens is 396 g/mol. The summed E-state index contributed by atoms with van der Waals surface area (Å²) in [5.74, 6) is 1.07. The molecule has 1 aromatic carbocycles. The van der Waals surface area contributed by atoms with Gasteiger partial charge in [0.1, 0.15) is 18.5 Å². The minimum Gasteiger partial charge on any atom is -0.491 e. The Hall–Kier alpha value is -1.45. The summed E-state index contributed by atoms with van der Waals surface area (Å²) in [6.45, 7) is 3.31. The van der Waals surface area contributed by atoms with E-state index in [2.05, 4.69) is 35.5 Å². The highest BCUT2D eigenvalue weighted by Gasteiger charge is 2.23. The van der Waals surface area contributed by atoms with Crippen molar-refractivity contribution in [2.75, 3.05) is 44.8 Å². The zero-order valence-corrected chi connectivity index (χ0v) is 17.8. The van der Waals surface area contributed by atoms with Crippen LogP contribution in [0.25, 0.3) is 0 Å². The molecule has 0 amide bonds. The van der Waals surface area contributed by atoms with Crippen molar-refractivity contribution >= 4 is 21.2 Å². The highest BCUT2D eigenvalue weighted by atomic mass is 32.2. The van der Waals surface area contributed by atoms with E-state index >= 15 is 0 Å². The maximum atomic E-state index is 11.5. The second-order valence-corrected chi connectivity index (χ2v) is 10.7. The fraction of sp³-hybridized carbons (Fsp3) is 0.500. The highest BCUT2D eigenvalue weighted by Crippen LogP contribution is 2.17. The average molecular weight is 425 g/mol. The van der Waals surface area contributed by atoms with Crippen molar-refractivity contribution in [1.82, 2.24) is 9.80 Å². The third-order valence-electron chi connectivity index (χ3n) is 4.71. The van der Waals surface area contributed by atoms with Gasteiger partial charge in [-0.2, -0.15) is 0 Å². The van der Waals surface area contributed by atoms with E-state index in [9.17, 15) is 13.5 Å². The SMILES string of the molecule is CN(Cc1cccc(OCC(O)CN2CCS(=O)(=O)CC2)c1)Cc1cccs1. The van der Waals surface area contributed by atoms with Crippen LogP contribution in [0, 0.1) is 0 Å². The molecule has 28 heavy (non-hydrogen) atoms. The summed E-state index contributed by atoms with van der Waals surface area (Å²) >= 11 is 1.76. The van der Waals surface area contributed by atoms with E-state index in [0.29, 0.717) is 19.6 Å². The lowest BCUT2D eigenvalue weighted by Crippen LogP contribution is -2.44. The van der Waals surface area contributed by atoms with Gasteiger partial charge in [0.05, 0.1) is 11.5 Å². The number of benzene rings is 1. The second-order valence-electron chi connectivity index (χ2n) is 7.32. The van der Waals surface area contributed by atoms with Crippen LogP contribution < -0.4 is 4.74 Å². The Morgan fingerprint density at radius 3 is 2.71 bits per heavy atom. The first-order valence-electron chi connectivity index (χ1n) is 9.43. The van der Waals surface area contributed by atoms with E-state index in [4.69, 9.17) is 4.74 Å². The topological polar surface area (TPSA) is 70.1 Å². The van der Waals surface area contributed by atoms with Gasteiger partial charge < -0.3 is 9.84 Å². The molecule has 1 fully saturated rings. The summed E-state index contributed by atoms with van der Waals surface area (Å²) in [6, 6.07) is 12.1. The molecule has 1 aliphatic rings. The van der Waals surface area contributed by atoms with Crippen LogP contribution in [0.1, 0.15) is 10.4 Å². The predicted octanol–water partition coefficient (Wildman–Crippen LogP) is 1.85. The van der Waals surface area contributed by atoms with Crippen molar-refractivity contribution in [3.05, 3.63) is 52.2 Å². The molecule has 3 rings (SSSR count). The van der Waals surface area contributed by atoms with Crippen LogP contribution in [0.3, 0.4) is 0 Å². The van der Waals surface area contributed by atoms with Crippen molar-refractivity contribution in [3.63, 3.8) is 0 Å². The normalized spacial score (nSPS) is 18.2. The van der Waals surface area contributed by atoms with Gasteiger partial charge in [-0.05, 0) is 36.2 Å². The standard InChI is InChI=1S/C20H28N2O4S2/c1-21(15-20-6-3-9-27-20)13-17-4-2-5-19(12-17)26-16-18(23)14-22-7-10-28(24,25)11-8-22/h2-6,9,12,18,23H,7-8,10-11,13-16H2,1H3. The lowest BCUT2D eigenvalue weighted by atomic mass is 10.2. The minimum atomic E-state index is -2.90. The molecule has 0 aliphatic carbocycles. The number of aliphatic hydroxyl groups is 1. The van der Waals surface area contributed by atoms with Gasteiger partial charge in [-0.15, -0.1) is 11.3 Å².